The van der Waals surface area contributed by atoms with Gasteiger partial charge in [-0.25, -0.2) is 4.39 Å². The lowest BCUT2D eigenvalue weighted by atomic mass is 9.74. The number of hydrogen-bond donors (Lipinski definition) is 2. The summed E-state index contributed by atoms with van der Waals surface area (Å²) in [6.07, 6.45) is 4.66. The molecular formula is C12H17FN2. The van der Waals surface area contributed by atoms with E-state index in [-0.39, 0.29) is 11.4 Å². The normalized spacial score (nSPS) is 18.3. The molecule has 0 unspecified atom stereocenters. The number of nitrogens with one attached hydrogen (secondary N) is 1. The molecule has 0 aromatic heterocycles. The Labute approximate surface area is 89.7 Å². The van der Waals surface area contributed by atoms with E-state index in [1.54, 1.807) is 6.07 Å². The number of benzene rings is 1. The average molecular weight is 208 g/mol. The predicted molar refractivity (Wildman–Crippen MR) is 61.3 cm³/mol. The van der Waals surface area contributed by atoms with Gasteiger partial charge in [0.25, 0.3) is 0 Å². The van der Waals surface area contributed by atoms with Gasteiger partial charge in [-0.3, -0.25) is 0 Å². The first-order chi connectivity index (χ1) is 7.13. The molecule has 0 aliphatic heterocycles. The van der Waals surface area contributed by atoms with Gasteiger partial charge < -0.3 is 11.1 Å². The molecule has 1 aromatic carbocycles. The number of nitrogens with two attached hydrogens (primary N) is 1. The van der Waals surface area contributed by atoms with Crippen molar-refractivity contribution < 1.29 is 4.39 Å². The van der Waals surface area contributed by atoms with E-state index in [4.69, 9.17) is 5.73 Å². The van der Waals surface area contributed by atoms with Crippen LogP contribution in [-0.4, -0.2) is 5.54 Å². The quantitative estimate of drug-likeness (QED) is 0.749. The van der Waals surface area contributed by atoms with Gasteiger partial charge in [-0.2, -0.15) is 0 Å². The van der Waals surface area contributed by atoms with E-state index in [1.165, 1.54) is 31.4 Å². The summed E-state index contributed by atoms with van der Waals surface area (Å²) in [6, 6.07) is 4.63. The van der Waals surface area contributed by atoms with Crippen LogP contribution in [0.5, 0.6) is 0 Å². The Morgan fingerprint density at radius 1 is 1.40 bits per heavy atom. The lowest BCUT2D eigenvalue weighted by Crippen LogP contribution is -2.44. The first-order valence-electron chi connectivity index (χ1n) is 5.48. The molecule has 0 atom stereocenters. The van der Waals surface area contributed by atoms with Crippen molar-refractivity contribution in [2.45, 2.75) is 38.1 Å². The zero-order chi connectivity index (χ0) is 10.9. The van der Waals surface area contributed by atoms with Gasteiger partial charge in [0.1, 0.15) is 5.82 Å². The van der Waals surface area contributed by atoms with Crippen LogP contribution in [0.1, 0.15) is 32.6 Å². The van der Waals surface area contributed by atoms with Crippen LogP contribution in [0.4, 0.5) is 15.8 Å². The molecular weight excluding hydrogens is 191 g/mol. The SMILES string of the molecule is CCC1(Nc2cc(N)cc(F)c2)CCC1. The van der Waals surface area contributed by atoms with Crippen LogP contribution < -0.4 is 11.1 Å². The smallest absolute Gasteiger partial charge is 0.127 e. The fourth-order valence-electron chi connectivity index (χ4n) is 2.16. The van der Waals surface area contributed by atoms with Crippen LogP contribution in [0.3, 0.4) is 0 Å². The topological polar surface area (TPSA) is 38.0 Å². The van der Waals surface area contributed by atoms with Crippen molar-refractivity contribution in [3.8, 4) is 0 Å². The maximum Gasteiger partial charge on any atom is 0.127 e. The summed E-state index contributed by atoms with van der Waals surface area (Å²) in [6.45, 7) is 2.16. The van der Waals surface area contributed by atoms with Gasteiger partial charge in [0.15, 0.2) is 0 Å². The van der Waals surface area contributed by atoms with Crippen molar-refractivity contribution in [2.75, 3.05) is 11.1 Å². The molecule has 0 spiro atoms. The number of hydrogen-bond acceptors (Lipinski definition) is 2. The Kier molecular flexibility index (Phi) is 2.55. The van der Waals surface area contributed by atoms with Gasteiger partial charge in [-0.05, 0) is 43.9 Å². The Morgan fingerprint density at radius 2 is 2.13 bits per heavy atom. The van der Waals surface area contributed by atoms with Gasteiger partial charge in [0, 0.05) is 16.9 Å². The molecule has 15 heavy (non-hydrogen) atoms. The van der Waals surface area contributed by atoms with Crippen molar-refractivity contribution in [2.24, 2.45) is 0 Å². The molecule has 3 N–H and O–H groups in total. The van der Waals surface area contributed by atoms with Crippen LogP contribution >= 0.6 is 0 Å². The number of halogens is 1. The summed E-state index contributed by atoms with van der Waals surface area (Å²) in [4.78, 5) is 0. The molecule has 1 aromatic rings. The van der Waals surface area contributed by atoms with Gasteiger partial charge in [-0.1, -0.05) is 6.92 Å². The van der Waals surface area contributed by atoms with E-state index < -0.39 is 0 Å². The Hall–Kier alpha value is -1.25. The summed E-state index contributed by atoms with van der Waals surface area (Å²) in [5.41, 5.74) is 7.06. The number of nitrogen functional groups attached to an aromatic ring is 1. The zero-order valence-corrected chi connectivity index (χ0v) is 9.02. The van der Waals surface area contributed by atoms with Crippen molar-refractivity contribution in [3.05, 3.63) is 24.0 Å². The minimum atomic E-state index is -0.275. The van der Waals surface area contributed by atoms with Gasteiger partial charge >= 0.3 is 0 Å². The monoisotopic (exact) mass is 208 g/mol. The minimum absolute atomic E-state index is 0.181. The molecule has 1 fully saturated rings. The largest absolute Gasteiger partial charge is 0.399 e. The average Bonchev–Trinajstić information content (AvgIpc) is 2.10. The molecule has 82 valence electrons. The first kappa shape index (κ1) is 10.3. The van der Waals surface area contributed by atoms with Crippen molar-refractivity contribution >= 4 is 11.4 Å². The minimum Gasteiger partial charge on any atom is -0.399 e. The van der Waals surface area contributed by atoms with E-state index >= 15 is 0 Å². The van der Waals surface area contributed by atoms with Gasteiger partial charge in [-0.15, -0.1) is 0 Å². The van der Waals surface area contributed by atoms with Crippen LogP contribution in [0.25, 0.3) is 0 Å². The van der Waals surface area contributed by atoms with Crippen molar-refractivity contribution in [1.29, 1.82) is 0 Å². The summed E-state index contributed by atoms with van der Waals surface area (Å²) >= 11 is 0. The molecule has 1 saturated carbocycles. The molecule has 1 aliphatic rings. The maximum atomic E-state index is 13.1. The summed E-state index contributed by atoms with van der Waals surface area (Å²) in [7, 11) is 0. The summed E-state index contributed by atoms with van der Waals surface area (Å²) in [5.74, 6) is -0.275. The highest BCUT2D eigenvalue weighted by molar-refractivity contribution is 5.56. The Balaban J connectivity index is 2.16. The van der Waals surface area contributed by atoms with Crippen LogP contribution in [0.15, 0.2) is 18.2 Å². The van der Waals surface area contributed by atoms with Gasteiger partial charge in [0.05, 0.1) is 0 Å². The Morgan fingerprint density at radius 3 is 2.60 bits per heavy atom. The van der Waals surface area contributed by atoms with E-state index in [2.05, 4.69) is 12.2 Å². The van der Waals surface area contributed by atoms with Crippen LogP contribution in [0, 0.1) is 5.82 Å². The molecule has 2 nitrogen and oxygen atoms in total. The lowest BCUT2D eigenvalue weighted by molar-refractivity contribution is 0.269. The number of anilines is 2. The van der Waals surface area contributed by atoms with E-state index in [0.29, 0.717) is 5.69 Å². The van der Waals surface area contributed by atoms with Crippen molar-refractivity contribution in [3.63, 3.8) is 0 Å². The lowest BCUT2D eigenvalue weighted by Gasteiger charge is -2.43. The Bertz CT molecular complexity index is 333. The standard InChI is InChI=1S/C12H17FN2/c1-2-12(4-3-5-12)15-11-7-9(13)6-10(14)8-11/h6-8,15H,2-5,14H2,1H3. The number of rotatable bonds is 3. The molecule has 0 saturated heterocycles. The van der Waals surface area contributed by atoms with Crippen molar-refractivity contribution in [1.82, 2.24) is 0 Å². The summed E-state index contributed by atoms with van der Waals surface area (Å²) < 4.78 is 13.1. The van der Waals surface area contributed by atoms with Gasteiger partial charge in [0.2, 0.25) is 0 Å². The zero-order valence-electron chi connectivity index (χ0n) is 9.02. The van der Waals surface area contributed by atoms with Crippen LogP contribution in [0.2, 0.25) is 0 Å². The molecule has 0 bridgehead atoms. The van der Waals surface area contributed by atoms with E-state index in [9.17, 15) is 4.39 Å². The third-order valence-corrected chi connectivity index (χ3v) is 3.32. The second-order valence-corrected chi connectivity index (χ2v) is 4.39. The molecule has 0 radical (unpaired) electrons. The first-order valence-corrected chi connectivity index (χ1v) is 5.48. The molecule has 2 rings (SSSR count). The highest BCUT2D eigenvalue weighted by Gasteiger charge is 2.34. The maximum absolute atomic E-state index is 13.1. The third-order valence-electron chi connectivity index (χ3n) is 3.32. The van der Waals surface area contributed by atoms with E-state index in [0.717, 1.165) is 12.1 Å². The molecule has 0 heterocycles. The highest BCUT2D eigenvalue weighted by Crippen LogP contribution is 2.38. The second-order valence-electron chi connectivity index (χ2n) is 4.39. The van der Waals surface area contributed by atoms with Crippen LogP contribution in [-0.2, 0) is 0 Å². The molecule has 1 aliphatic carbocycles. The van der Waals surface area contributed by atoms with E-state index in [1.807, 2.05) is 0 Å². The fraction of sp³-hybridized carbons (Fsp3) is 0.500. The summed E-state index contributed by atoms with van der Waals surface area (Å²) in [5, 5.41) is 3.40. The third kappa shape index (κ3) is 2.06. The fourth-order valence-corrected chi connectivity index (χ4v) is 2.16. The molecule has 3 heteroatoms. The highest BCUT2D eigenvalue weighted by atomic mass is 19.1. The molecule has 0 amide bonds. The predicted octanol–water partition coefficient (Wildman–Crippen LogP) is 3.15. The second kappa shape index (κ2) is 3.72.